The maximum atomic E-state index is 12.0. The molecule has 0 radical (unpaired) electrons. The number of halogens is 1. The van der Waals surface area contributed by atoms with Gasteiger partial charge in [0.05, 0.1) is 0 Å². The van der Waals surface area contributed by atoms with E-state index in [0.29, 0.717) is 18.9 Å². The van der Waals surface area contributed by atoms with E-state index in [1.54, 1.807) is 0 Å². The van der Waals surface area contributed by atoms with Crippen molar-refractivity contribution in [3.05, 3.63) is 34.9 Å². The molecule has 1 fully saturated rings. The van der Waals surface area contributed by atoms with Gasteiger partial charge in [-0.25, -0.2) is 0 Å². The second-order valence-electron chi connectivity index (χ2n) is 5.20. The van der Waals surface area contributed by atoms with Crippen LogP contribution in [0.25, 0.3) is 0 Å². The van der Waals surface area contributed by atoms with Gasteiger partial charge < -0.3 is 10.6 Å². The fourth-order valence-electron chi connectivity index (χ4n) is 2.13. The Hall–Kier alpha value is -1.06. The average Bonchev–Trinajstić information content (AvgIpc) is 3.20. The monoisotopic (exact) mass is 280 g/mol. The summed E-state index contributed by atoms with van der Waals surface area (Å²) >= 11 is 5.86. The van der Waals surface area contributed by atoms with Gasteiger partial charge in [0.2, 0.25) is 5.91 Å². The number of rotatable bonds is 7. The summed E-state index contributed by atoms with van der Waals surface area (Å²) in [6.45, 7) is 2.10. The van der Waals surface area contributed by atoms with E-state index >= 15 is 0 Å². The number of amides is 1. The van der Waals surface area contributed by atoms with Crippen molar-refractivity contribution in [2.75, 3.05) is 19.6 Å². The average molecular weight is 281 g/mol. The molecule has 0 heterocycles. The Morgan fingerprint density at radius 2 is 2.00 bits per heavy atom. The van der Waals surface area contributed by atoms with Crippen LogP contribution in [0.5, 0.6) is 0 Å². The van der Waals surface area contributed by atoms with Gasteiger partial charge in [0.25, 0.3) is 0 Å². The standard InChI is InChI=1S/C15H21ClN2O/c16-14-5-3-12(4-6-14)8-10-18(11-13-1-2-13)15(19)7-9-17/h3-6,13H,1-2,7-11,17H2. The van der Waals surface area contributed by atoms with Crippen molar-refractivity contribution in [3.63, 3.8) is 0 Å². The third-order valence-corrected chi connectivity index (χ3v) is 3.72. The predicted octanol–water partition coefficient (Wildman–Crippen LogP) is 2.47. The maximum absolute atomic E-state index is 12.0. The first-order valence-corrected chi connectivity index (χ1v) is 7.29. The van der Waals surface area contributed by atoms with E-state index in [1.165, 1.54) is 18.4 Å². The second-order valence-corrected chi connectivity index (χ2v) is 5.63. The Kier molecular flexibility index (Phi) is 5.23. The van der Waals surface area contributed by atoms with E-state index in [1.807, 2.05) is 29.2 Å². The van der Waals surface area contributed by atoms with Gasteiger partial charge in [-0.15, -0.1) is 0 Å². The quantitative estimate of drug-likeness (QED) is 0.834. The summed E-state index contributed by atoms with van der Waals surface area (Å²) in [6.07, 6.45) is 3.84. The third kappa shape index (κ3) is 4.84. The van der Waals surface area contributed by atoms with Crippen LogP contribution in [-0.4, -0.2) is 30.4 Å². The lowest BCUT2D eigenvalue weighted by Gasteiger charge is -2.22. The van der Waals surface area contributed by atoms with Crippen molar-refractivity contribution in [2.45, 2.75) is 25.7 Å². The Morgan fingerprint density at radius 3 is 2.58 bits per heavy atom. The zero-order valence-corrected chi connectivity index (χ0v) is 11.9. The van der Waals surface area contributed by atoms with Crippen LogP contribution in [0.1, 0.15) is 24.8 Å². The lowest BCUT2D eigenvalue weighted by molar-refractivity contribution is -0.131. The van der Waals surface area contributed by atoms with Crippen LogP contribution < -0.4 is 5.73 Å². The zero-order valence-electron chi connectivity index (χ0n) is 11.1. The van der Waals surface area contributed by atoms with Gasteiger partial charge in [0, 0.05) is 31.1 Å². The molecule has 1 aliphatic rings. The SMILES string of the molecule is NCCC(=O)N(CCc1ccc(Cl)cc1)CC1CC1. The Labute approximate surface area is 119 Å². The minimum absolute atomic E-state index is 0.184. The molecular formula is C15H21ClN2O. The first kappa shape index (κ1) is 14.4. The summed E-state index contributed by atoms with van der Waals surface area (Å²) in [7, 11) is 0. The van der Waals surface area contributed by atoms with Crippen LogP contribution in [-0.2, 0) is 11.2 Å². The molecule has 0 spiro atoms. The van der Waals surface area contributed by atoms with Crippen molar-refractivity contribution in [1.82, 2.24) is 4.90 Å². The Bertz CT molecular complexity index is 415. The molecule has 2 N–H and O–H groups in total. The van der Waals surface area contributed by atoms with E-state index in [0.717, 1.165) is 24.5 Å². The lowest BCUT2D eigenvalue weighted by Crippen LogP contribution is -2.35. The minimum Gasteiger partial charge on any atom is -0.342 e. The van der Waals surface area contributed by atoms with Gasteiger partial charge in [0.1, 0.15) is 0 Å². The van der Waals surface area contributed by atoms with E-state index in [-0.39, 0.29) is 5.91 Å². The van der Waals surface area contributed by atoms with Crippen LogP contribution >= 0.6 is 11.6 Å². The zero-order chi connectivity index (χ0) is 13.7. The van der Waals surface area contributed by atoms with E-state index in [2.05, 4.69) is 0 Å². The molecule has 0 aromatic heterocycles. The van der Waals surface area contributed by atoms with Gasteiger partial charge in [-0.1, -0.05) is 23.7 Å². The van der Waals surface area contributed by atoms with Gasteiger partial charge in [-0.05, 0) is 42.9 Å². The Balaban J connectivity index is 1.87. The molecule has 1 saturated carbocycles. The van der Waals surface area contributed by atoms with Crippen LogP contribution in [0.2, 0.25) is 5.02 Å². The molecule has 4 heteroatoms. The smallest absolute Gasteiger partial charge is 0.223 e. The van der Waals surface area contributed by atoms with Crippen molar-refractivity contribution in [3.8, 4) is 0 Å². The van der Waals surface area contributed by atoms with Crippen molar-refractivity contribution < 1.29 is 4.79 Å². The molecule has 19 heavy (non-hydrogen) atoms. The van der Waals surface area contributed by atoms with Crippen LogP contribution in [0.4, 0.5) is 0 Å². The number of nitrogens with zero attached hydrogens (tertiary/aromatic N) is 1. The highest BCUT2D eigenvalue weighted by Crippen LogP contribution is 2.29. The number of hydrogen-bond donors (Lipinski definition) is 1. The molecule has 1 aromatic carbocycles. The van der Waals surface area contributed by atoms with Gasteiger partial charge in [-0.3, -0.25) is 4.79 Å². The molecule has 1 amide bonds. The highest BCUT2D eigenvalue weighted by atomic mass is 35.5. The molecule has 104 valence electrons. The van der Waals surface area contributed by atoms with E-state index in [9.17, 15) is 4.79 Å². The highest BCUT2D eigenvalue weighted by Gasteiger charge is 2.26. The second kappa shape index (κ2) is 6.92. The minimum atomic E-state index is 0.184. The molecule has 0 atom stereocenters. The molecule has 1 aliphatic carbocycles. The van der Waals surface area contributed by atoms with Crippen molar-refractivity contribution in [1.29, 1.82) is 0 Å². The topological polar surface area (TPSA) is 46.3 Å². The molecule has 0 unspecified atom stereocenters. The number of carbonyl (C=O) groups excluding carboxylic acids is 1. The molecule has 3 nitrogen and oxygen atoms in total. The van der Waals surface area contributed by atoms with Gasteiger partial charge >= 0.3 is 0 Å². The number of benzene rings is 1. The predicted molar refractivity (Wildman–Crippen MR) is 78.1 cm³/mol. The summed E-state index contributed by atoms with van der Waals surface area (Å²) < 4.78 is 0. The molecule has 2 rings (SSSR count). The fraction of sp³-hybridized carbons (Fsp3) is 0.533. The molecular weight excluding hydrogens is 260 g/mol. The summed E-state index contributed by atoms with van der Waals surface area (Å²) in [5.74, 6) is 0.898. The van der Waals surface area contributed by atoms with Gasteiger partial charge in [-0.2, -0.15) is 0 Å². The third-order valence-electron chi connectivity index (χ3n) is 3.47. The first-order valence-electron chi connectivity index (χ1n) is 6.91. The molecule has 0 aliphatic heterocycles. The molecule has 1 aromatic rings. The van der Waals surface area contributed by atoms with E-state index < -0.39 is 0 Å². The van der Waals surface area contributed by atoms with E-state index in [4.69, 9.17) is 17.3 Å². The Morgan fingerprint density at radius 1 is 1.32 bits per heavy atom. The largest absolute Gasteiger partial charge is 0.342 e. The number of carbonyl (C=O) groups is 1. The fourth-order valence-corrected chi connectivity index (χ4v) is 2.25. The van der Waals surface area contributed by atoms with Crippen LogP contribution in [0, 0.1) is 5.92 Å². The number of nitrogens with two attached hydrogens (primary N) is 1. The first-order chi connectivity index (χ1) is 9.19. The number of hydrogen-bond acceptors (Lipinski definition) is 2. The summed E-state index contributed by atoms with van der Waals surface area (Å²) in [5.41, 5.74) is 6.69. The molecule has 0 bridgehead atoms. The van der Waals surface area contributed by atoms with Crippen molar-refractivity contribution >= 4 is 17.5 Å². The normalized spacial score (nSPS) is 14.4. The highest BCUT2D eigenvalue weighted by molar-refractivity contribution is 6.30. The lowest BCUT2D eigenvalue weighted by atomic mass is 10.1. The molecule has 0 saturated heterocycles. The summed E-state index contributed by atoms with van der Waals surface area (Å²) in [5, 5.41) is 0.748. The summed E-state index contributed by atoms with van der Waals surface area (Å²) in [4.78, 5) is 14.0. The van der Waals surface area contributed by atoms with Gasteiger partial charge in [0.15, 0.2) is 0 Å². The maximum Gasteiger partial charge on any atom is 0.223 e. The summed E-state index contributed by atoms with van der Waals surface area (Å²) in [6, 6.07) is 7.82. The van der Waals surface area contributed by atoms with Crippen LogP contribution in [0.15, 0.2) is 24.3 Å². The van der Waals surface area contributed by atoms with Crippen LogP contribution in [0.3, 0.4) is 0 Å². The van der Waals surface area contributed by atoms with Crippen molar-refractivity contribution in [2.24, 2.45) is 11.7 Å².